The quantitative estimate of drug-likeness (QED) is 0.868. The van der Waals surface area contributed by atoms with E-state index in [-0.39, 0.29) is 12.0 Å². The molecular formula is C15H17ClN2OS. The molecule has 0 fully saturated rings. The summed E-state index contributed by atoms with van der Waals surface area (Å²) >= 11 is 7.43. The zero-order valence-electron chi connectivity index (χ0n) is 11.7. The topological polar surface area (TPSA) is 46.0 Å². The molecule has 0 atom stereocenters. The molecule has 0 radical (unpaired) electrons. The van der Waals surface area contributed by atoms with Crippen LogP contribution in [0.4, 0.5) is 0 Å². The van der Waals surface area contributed by atoms with Gasteiger partial charge in [-0.2, -0.15) is 0 Å². The Kier molecular flexibility index (Phi) is 4.68. The molecular weight excluding hydrogens is 292 g/mol. The summed E-state index contributed by atoms with van der Waals surface area (Å²) in [5.74, 6) is 0. The van der Waals surface area contributed by atoms with Gasteiger partial charge in [0, 0.05) is 10.5 Å². The van der Waals surface area contributed by atoms with Gasteiger partial charge in [-0.25, -0.2) is 9.97 Å². The Bertz CT molecular complexity index is 594. The minimum Gasteiger partial charge on any atom is -0.391 e. The Morgan fingerprint density at radius 2 is 1.80 bits per heavy atom. The predicted octanol–water partition coefficient (Wildman–Crippen LogP) is 4.07. The molecule has 0 amide bonds. The Labute approximate surface area is 128 Å². The molecule has 0 aliphatic rings. The summed E-state index contributed by atoms with van der Waals surface area (Å²) in [6.45, 7) is 6.39. The number of aliphatic hydroxyl groups is 1. The number of aromatic nitrogens is 2. The van der Waals surface area contributed by atoms with E-state index in [2.05, 4.69) is 55.0 Å². The van der Waals surface area contributed by atoms with Crippen LogP contribution in [0.5, 0.6) is 0 Å². The van der Waals surface area contributed by atoms with Gasteiger partial charge in [0.1, 0.15) is 16.5 Å². The van der Waals surface area contributed by atoms with E-state index in [4.69, 9.17) is 11.6 Å². The number of halogens is 1. The summed E-state index contributed by atoms with van der Waals surface area (Å²) in [5, 5.41) is 10.3. The van der Waals surface area contributed by atoms with Crippen LogP contribution in [0, 0.1) is 0 Å². The van der Waals surface area contributed by atoms with E-state index < -0.39 is 0 Å². The molecule has 0 unspecified atom stereocenters. The van der Waals surface area contributed by atoms with Crippen LogP contribution in [-0.2, 0) is 12.0 Å². The zero-order valence-corrected chi connectivity index (χ0v) is 13.3. The van der Waals surface area contributed by atoms with Crippen LogP contribution in [0.1, 0.15) is 31.9 Å². The molecule has 1 N–H and O–H groups in total. The molecule has 0 saturated heterocycles. The van der Waals surface area contributed by atoms with Gasteiger partial charge in [-0.15, -0.1) is 0 Å². The fraction of sp³-hybridized carbons (Fsp3) is 0.333. The van der Waals surface area contributed by atoms with Gasteiger partial charge in [0.15, 0.2) is 0 Å². The molecule has 2 rings (SSSR count). The normalized spacial score (nSPS) is 11.7. The monoisotopic (exact) mass is 308 g/mol. The first-order valence-corrected chi connectivity index (χ1v) is 7.50. The highest BCUT2D eigenvalue weighted by Gasteiger charge is 2.14. The maximum absolute atomic E-state index is 9.35. The molecule has 5 heteroatoms. The van der Waals surface area contributed by atoms with Crippen molar-refractivity contribution in [2.75, 3.05) is 0 Å². The van der Waals surface area contributed by atoms with E-state index in [9.17, 15) is 5.11 Å². The first-order valence-electron chi connectivity index (χ1n) is 6.30. The third-order valence-corrected chi connectivity index (χ3v) is 4.32. The third-order valence-electron chi connectivity index (χ3n) is 2.95. The molecule has 0 aliphatic heterocycles. The number of hydrogen-bond acceptors (Lipinski definition) is 4. The summed E-state index contributed by atoms with van der Waals surface area (Å²) in [4.78, 5) is 9.12. The van der Waals surface area contributed by atoms with Crippen LogP contribution in [0.15, 0.2) is 40.5 Å². The standard InChI is InChI=1S/C15H17ClN2OS/c1-15(2,3)10-4-6-11(7-5-10)20-14-12(8-19)13(16)17-9-18-14/h4-7,9,19H,8H2,1-3H3. The fourth-order valence-electron chi connectivity index (χ4n) is 1.73. The van der Waals surface area contributed by atoms with Crippen molar-refractivity contribution in [2.24, 2.45) is 0 Å². The SMILES string of the molecule is CC(C)(C)c1ccc(Sc2ncnc(Cl)c2CO)cc1. The molecule has 1 heterocycles. The zero-order chi connectivity index (χ0) is 14.8. The largest absolute Gasteiger partial charge is 0.391 e. The van der Waals surface area contributed by atoms with Gasteiger partial charge in [0.05, 0.1) is 6.61 Å². The molecule has 106 valence electrons. The van der Waals surface area contributed by atoms with Crippen molar-refractivity contribution in [3.8, 4) is 0 Å². The summed E-state index contributed by atoms with van der Waals surface area (Å²) in [6, 6.07) is 8.35. The molecule has 0 bridgehead atoms. The van der Waals surface area contributed by atoms with Crippen molar-refractivity contribution in [2.45, 2.75) is 42.7 Å². The second-order valence-electron chi connectivity index (χ2n) is 5.48. The van der Waals surface area contributed by atoms with Crippen LogP contribution in [0.25, 0.3) is 0 Å². The lowest BCUT2D eigenvalue weighted by molar-refractivity contribution is 0.277. The summed E-state index contributed by atoms with van der Waals surface area (Å²) in [7, 11) is 0. The van der Waals surface area contributed by atoms with Crippen LogP contribution in [0.3, 0.4) is 0 Å². The molecule has 0 saturated carbocycles. The van der Waals surface area contributed by atoms with Crippen molar-refractivity contribution >= 4 is 23.4 Å². The molecule has 20 heavy (non-hydrogen) atoms. The van der Waals surface area contributed by atoms with Crippen molar-refractivity contribution in [1.82, 2.24) is 9.97 Å². The van der Waals surface area contributed by atoms with Gasteiger partial charge in [-0.1, -0.05) is 56.3 Å². The van der Waals surface area contributed by atoms with Gasteiger partial charge in [-0.05, 0) is 23.1 Å². The molecule has 1 aromatic heterocycles. The van der Waals surface area contributed by atoms with Crippen molar-refractivity contribution in [3.05, 3.63) is 46.9 Å². The smallest absolute Gasteiger partial charge is 0.139 e. The lowest BCUT2D eigenvalue weighted by Gasteiger charge is -2.19. The molecule has 3 nitrogen and oxygen atoms in total. The van der Waals surface area contributed by atoms with Gasteiger partial charge >= 0.3 is 0 Å². The van der Waals surface area contributed by atoms with E-state index in [0.717, 1.165) is 4.90 Å². The Balaban J connectivity index is 2.25. The van der Waals surface area contributed by atoms with Crippen molar-refractivity contribution in [3.63, 3.8) is 0 Å². The number of hydrogen-bond donors (Lipinski definition) is 1. The van der Waals surface area contributed by atoms with E-state index >= 15 is 0 Å². The van der Waals surface area contributed by atoms with Gasteiger partial charge in [0.2, 0.25) is 0 Å². The van der Waals surface area contributed by atoms with E-state index in [1.807, 2.05) is 0 Å². The molecule has 0 spiro atoms. The lowest BCUT2D eigenvalue weighted by atomic mass is 9.87. The maximum atomic E-state index is 9.35. The summed E-state index contributed by atoms with van der Waals surface area (Å²) < 4.78 is 0. The molecule has 1 aromatic carbocycles. The highest BCUT2D eigenvalue weighted by atomic mass is 35.5. The first-order chi connectivity index (χ1) is 9.41. The summed E-state index contributed by atoms with van der Waals surface area (Å²) in [5.41, 5.74) is 1.99. The number of benzene rings is 1. The van der Waals surface area contributed by atoms with Crippen molar-refractivity contribution in [1.29, 1.82) is 0 Å². The second kappa shape index (κ2) is 6.12. The first kappa shape index (κ1) is 15.3. The Hall–Kier alpha value is -1.10. The number of nitrogens with zero attached hydrogens (tertiary/aromatic N) is 2. The third kappa shape index (κ3) is 3.51. The van der Waals surface area contributed by atoms with Crippen LogP contribution < -0.4 is 0 Å². The Morgan fingerprint density at radius 1 is 1.15 bits per heavy atom. The average molecular weight is 309 g/mol. The predicted molar refractivity (Wildman–Crippen MR) is 82.2 cm³/mol. The minimum atomic E-state index is -0.165. The highest BCUT2D eigenvalue weighted by Crippen LogP contribution is 2.32. The average Bonchev–Trinajstić information content (AvgIpc) is 2.38. The number of aliphatic hydroxyl groups excluding tert-OH is 1. The van der Waals surface area contributed by atoms with Crippen LogP contribution >= 0.6 is 23.4 Å². The lowest BCUT2D eigenvalue weighted by Crippen LogP contribution is -2.10. The van der Waals surface area contributed by atoms with E-state index in [1.54, 1.807) is 0 Å². The van der Waals surface area contributed by atoms with E-state index in [1.165, 1.54) is 23.7 Å². The van der Waals surface area contributed by atoms with Gasteiger partial charge in [0.25, 0.3) is 0 Å². The van der Waals surface area contributed by atoms with Crippen molar-refractivity contribution < 1.29 is 5.11 Å². The van der Waals surface area contributed by atoms with Crippen LogP contribution in [-0.4, -0.2) is 15.1 Å². The molecule has 0 aliphatic carbocycles. The Morgan fingerprint density at radius 3 is 2.35 bits per heavy atom. The van der Waals surface area contributed by atoms with E-state index in [0.29, 0.717) is 15.7 Å². The highest BCUT2D eigenvalue weighted by molar-refractivity contribution is 7.99. The fourth-order valence-corrected chi connectivity index (χ4v) is 2.86. The van der Waals surface area contributed by atoms with Crippen LogP contribution in [0.2, 0.25) is 5.15 Å². The maximum Gasteiger partial charge on any atom is 0.139 e. The summed E-state index contributed by atoms with van der Waals surface area (Å²) in [6.07, 6.45) is 1.41. The van der Waals surface area contributed by atoms with Gasteiger partial charge < -0.3 is 5.11 Å². The number of rotatable bonds is 3. The second-order valence-corrected chi connectivity index (χ2v) is 6.90. The minimum absolute atomic E-state index is 0.137. The molecule has 2 aromatic rings. The van der Waals surface area contributed by atoms with Gasteiger partial charge in [-0.3, -0.25) is 0 Å².